The Bertz CT molecular complexity index is 498. The van der Waals surface area contributed by atoms with E-state index >= 15 is 0 Å². The van der Waals surface area contributed by atoms with E-state index in [9.17, 15) is 5.11 Å². The molecule has 106 valence electrons. The van der Waals surface area contributed by atoms with Crippen molar-refractivity contribution in [2.75, 3.05) is 5.75 Å². The average molecular weight is 351 g/mol. The Morgan fingerprint density at radius 3 is 2.45 bits per heavy atom. The molecule has 0 aliphatic rings. The zero-order chi connectivity index (χ0) is 14.2. The van der Waals surface area contributed by atoms with Gasteiger partial charge in [0.15, 0.2) is 0 Å². The predicted octanol–water partition coefficient (Wildman–Crippen LogP) is 3.77. The molecule has 0 saturated heterocycles. The maximum atomic E-state index is 10.0. The molecule has 0 saturated carbocycles. The summed E-state index contributed by atoms with van der Waals surface area (Å²) in [6, 6.07) is 19.0. The molecular formula is C17H20OSSe. The molecule has 1 atom stereocenters. The van der Waals surface area contributed by atoms with Crippen LogP contribution >= 0.6 is 11.8 Å². The molecule has 0 aliphatic heterocycles. The number of rotatable bonds is 7. The SMILES string of the molecule is Cc1ccc(SCC(O)C[Se]Cc2ccccc2)cc1. The van der Waals surface area contributed by atoms with Crippen LogP contribution in [0.5, 0.6) is 0 Å². The van der Waals surface area contributed by atoms with E-state index in [-0.39, 0.29) is 6.10 Å². The standard InChI is InChI=1S/C17H20OSSe/c1-14-7-9-17(10-8-14)19-11-16(18)13-20-12-15-5-3-2-4-6-15/h2-10,16,18H,11-13H2,1H3. The summed E-state index contributed by atoms with van der Waals surface area (Å²) >= 11 is 2.22. The quantitative estimate of drug-likeness (QED) is 0.605. The normalized spacial score (nSPS) is 12.3. The second-order valence-electron chi connectivity index (χ2n) is 4.78. The Kier molecular flexibility index (Phi) is 6.68. The van der Waals surface area contributed by atoms with Crippen molar-refractivity contribution in [3.63, 3.8) is 0 Å². The molecule has 1 nitrogen and oxygen atoms in total. The monoisotopic (exact) mass is 352 g/mol. The third-order valence-electron chi connectivity index (χ3n) is 2.89. The molecule has 2 aromatic rings. The summed E-state index contributed by atoms with van der Waals surface area (Å²) in [7, 11) is 0. The van der Waals surface area contributed by atoms with E-state index in [0.29, 0.717) is 15.0 Å². The van der Waals surface area contributed by atoms with Crippen LogP contribution in [-0.4, -0.2) is 31.9 Å². The van der Waals surface area contributed by atoms with Gasteiger partial charge in [-0.1, -0.05) is 0 Å². The van der Waals surface area contributed by atoms with E-state index < -0.39 is 0 Å². The van der Waals surface area contributed by atoms with Crippen LogP contribution in [-0.2, 0) is 5.32 Å². The van der Waals surface area contributed by atoms with E-state index in [1.807, 2.05) is 6.07 Å². The summed E-state index contributed by atoms with van der Waals surface area (Å²) < 4.78 is 0. The van der Waals surface area contributed by atoms with Crippen molar-refractivity contribution in [2.24, 2.45) is 0 Å². The summed E-state index contributed by atoms with van der Waals surface area (Å²) in [6.45, 7) is 2.09. The van der Waals surface area contributed by atoms with E-state index in [1.54, 1.807) is 11.8 Å². The zero-order valence-corrected chi connectivity index (χ0v) is 14.2. The first kappa shape index (κ1) is 15.7. The van der Waals surface area contributed by atoms with Gasteiger partial charge in [-0.3, -0.25) is 0 Å². The Morgan fingerprint density at radius 2 is 1.75 bits per heavy atom. The number of hydrogen-bond donors (Lipinski definition) is 1. The van der Waals surface area contributed by atoms with E-state index in [0.717, 1.165) is 16.4 Å². The molecule has 2 rings (SSSR count). The van der Waals surface area contributed by atoms with Crippen molar-refractivity contribution in [1.82, 2.24) is 0 Å². The van der Waals surface area contributed by atoms with Crippen LogP contribution in [0.2, 0.25) is 5.32 Å². The first-order valence-corrected chi connectivity index (χ1v) is 10.1. The van der Waals surface area contributed by atoms with Gasteiger partial charge in [0.1, 0.15) is 0 Å². The van der Waals surface area contributed by atoms with Gasteiger partial charge in [0.2, 0.25) is 0 Å². The Balaban J connectivity index is 1.65. The third-order valence-corrected chi connectivity index (χ3v) is 6.47. The van der Waals surface area contributed by atoms with Gasteiger partial charge < -0.3 is 0 Å². The van der Waals surface area contributed by atoms with E-state index in [2.05, 4.69) is 55.5 Å². The Labute approximate surface area is 132 Å². The molecule has 2 aromatic carbocycles. The van der Waals surface area contributed by atoms with Crippen molar-refractivity contribution in [1.29, 1.82) is 0 Å². The van der Waals surface area contributed by atoms with E-state index in [4.69, 9.17) is 0 Å². The molecule has 0 aromatic heterocycles. The second kappa shape index (κ2) is 8.53. The van der Waals surface area contributed by atoms with Crippen LogP contribution < -0.4 is 0 Å². The van der Waals surface area contributed by atoms with Crippen LogP contribution in [0.15, 0.2) is 59.5 Å². The second-order valence-corrected chi connectivity index (χ2v) is 8.03. The zero-order valence-electron chi connectivity index (χ0n) is 11.7. The molecule has 20 heavy (non-hydrogen) atoms. The summed E-state index contributed by atoms with van der Waals surface area (Å²) in [5, 5.41) is 12.1. The molecule has 0 spiro atoms. The van der Waals surface area contributed by atoms with Crippen LogP contribution in [0.1, 0.15) is 11.1 Å². The maximum absolute atomic E-state index is 10.0. The van der Waals surface area contributed by atoms with Gasteiger partial charge in [0.25, 0.3) is 0 Å². The molecule has 0 amide bonds. The van der Waals surface area contributed by atoms with Gasteiger partial charge in [-0.15, -0.1) is 0 Å². The average Bonchev–Trinajstić information content (AvgIpc) is 2.48. The minimum absolute atomic E-state index is 0.190. The van der Waals surface area contributed by atoms with Crippen LogP contribution in [0.4, 0.5) is 0 Å². The summed E-state index contributed by atoms with van der Waals surface area (Å²) in [5.74, 6) is 0.791. The molecule has 1 N–H and O–H groups in total. The fourth-order valence-corrected chi connectivity index (χ4v) is 4.89. The number of hydrogen-bond acceptors (Lipinski definition) is 2. The number of aliphatic hydroxyl groups is 1. The summed E-state index contributed by atoms with van der Waals surface area (Å²) in [5.41, 5.74) is 2.66. The Morgan fingerprint density at radius 1 is 1.05 bits per heavy atom. The van der Waals surface area contributed by atoms with E-state index in [1.165, 1.54) is 16.0 Å². The predicted molar refractivity (Wildman–Crippen MR) is 88.6 cm³/mol. The Hall–Kier alpha value is -0.731. The van der Waals surface area contributed by atoms with Gasteiger partial charge in [-0.25, -0.2) is 0 Å². The molecule has 1 unspecified atom stereocenters. The first-order valence-electron chi connectivity index (χ1n) is 6.73. The van der Waals surface area contributed by atoms with Gasteiger partial charge in [-0.2, -0.15) is 0 Å². The van der Waals surface area contributed by atoms with Crippen LogP contribution in [0.25, 0.3) is 0 Å². The van der Waals surface area contributed by atoms with Crippen molar-refractivity contribution < 1.29 is 5.11 Å². The minimum atomic E-state index is -0.190. The molecule has 0 bridgehead atoms. The van der Waals surface area contributed by atoms with Gasteiger partial charge >= 0.3 is 132 Å². The summed E-state index contributed by atoms with van der Waals surface area (Å²) in [4.78, 5) is 1.24. The molecule has 0 fully saturated rings. The number of aliphatic hydroxyl groups excluding tert-OH is 1. The van der Waals surface area contributed by atoms with Gasteiger partial charge in [0.05, 0.1) is 0 Å². The first-order chi connectivity index (χ1) is 9.74. The van der Waals surface area contributed by atoms with Gasteiger partial charge in [0, 0.05) is 0 Å². The molecule has 3 heteroatoms. The van der Waals surface area contributed by atoms with Crippen LogP contribution in [0.3, 0.4) is 0 Å². The van der Waals surface area contributed by atoms with Crippen molar-refractivity contribution in [3.05, 3.63) is 65.7 Å². The van der Waals surface area contributed by atoms with Crippen molar-refractivity contribution in [3.8, 4) is 0 Å². The third kappa shape index (κ3) is 5.72. The molecule has 0 heterocycles. The van der Waals surface area contributed by atoms with Crippen molar-refractivity contribution >= 4 is 26.7 Å². The number of thioether (sulfide) groups is 1. The number of benzene rings is 2. The topological polar surface area (TPSA) is 20.2 Å². The summed E-state index contributed by atoms with van der Waals surface area (Å²) in [6.07, 6.45) is -0.190. The molecule has 0 radical (unpaired) electrons. The number of aryl methyl sites for hydroxylation is 1. The van der Waals surface area contributed by atoms with Gasteiger partial charge in [-0.05, 0) is 0 Å². The fourth-order valence-electron chi connectivity index (χ4n) is 1.76. The molecule has 0 aliphatic carbocycles. The fraction of sp³-hybridized carbons (Fsp3) is 0.294. The van der Waals surface area contributed by atoms with Crippen LogP contribution in [0, 0.1) is 6.92 Å². The van der Waals surface area contributed by atoms with Crippen molar-refractivity contribution in [2.45, 2.75) is 28.6 Å². The molecular weight excluding hydrogens is 331 g/mol.